The van der Waals surface area contributed by atoms with Crippen molar-refractivity contribution in [3.05, 3.63) is 74.8 Å². The molecule has 0 aliphatic carbocycles. The molecule has 2 aliphatic rings. The zero-order valence-corrected chi connectivity index (χ0v) is 19.4. The molecular weight excluding hydrogens is 450 g/mol. The lowest BCUT2D eigenvalue weighted by Gasteiger charge is -2.36. The third-order valence-electron chi connectivity index (χ3n) is 6.65. The third-order valence-corrected chi connectivity index (χ3v) is 6.65. The van der Waals surface area contributed by atoms with Crippen LogP contribution in [0.5, 0.6) is 0 Å². The predicted octanol–water partition coefficient (Wildman–Crippen LogP) is 2.70. The van der Waals surface area contributed by atoms with Gasteiger partial charge in [0.05, 0.1) is 21.6 Å². The highest BCUT2D eigenvalue weighted by atomic mass is 16.6. The molecule has 35 heavy (non-hydrogen) atoms. The maximum Gasteiger partial charge on any atom is 0.270 e. The monoisotopic (exact) mass is 473 g/mol. The number of imide groups is 1. The van der Waals surface area contributed by atoms with Crippen molar-refractivity contribution in [2.75, 3.05) is 37.6 Å². The number of non-ortho nitro benzene ring substituents is 1. The van der Waals surface area contributed by atoms with Crippen LogP contribution in [0.25, 0.3) is 10.9 Å². The van der Waals surface area contributed by atoms with E-state index in [1.165, 1.54) is 12.1 Å². The van der Waals surface area contributed by atoms with Gasteiger partial charge in [0, 0.05) is 43.7 Å². The standard InChI is InChI=1S/C25H23N5O5/c1-15-4-3-5-18-16(2)12-21(26-23(15)18)27-8-10-28(11-9-27)22(31)14-29-24(32)19-7-6-17(30(34)35)13-20(19)25(29)33/h3-7,12-13H,8-11,14H2,1-2H3. The lowest BCUT2D eigenvalue weighted by atomic mass is 10.1. The molecule has 1 fully saturated rings. The number of nitro benzene ring substituents is 1. The van der Waals surface area contributed by atoms with E-state index in [9.17, 15) is 24.5 Å². The number of carbonyl (C=O) groups is 3. The molecule has 0 bridgehead atoms. The maximum atomic E-state index is 12.9. The molecule has 5 rings (SSSR count). The molecule has 178 valence electrons. The highest BCUT2D eigenvalue weighted by molar-refractivity contribution is 6.22. The first kappa shape index (κ1) is 22.5. The van der Waals surface area contributed by atoms with Crippen molar-refractivity contribution in [1.29, 1.82) is 0 Å². The fourth-order valence-corrected chi connectivity index (χ4v) is 4.66. The number of aryl methyl sites for hydroxylation is 2. The van der Waals surface area contributed by atoms with Crippen LogP contribution in [-0.2, 0) is 4.79 Å². The largest absolute Gasteiger partial charge is 0.353 e. The van der Waals surface area contributed by atoms with Crippen molar-refractivity contribution >= 4 is 40.1 Å². The molecule has 2 aromatic carbocycles. The zero-order valence-electron chi connectivity index (χ0n) is 19.4. The van der Waals surface area contributed by atoms with E-state index in [1.807, 2.05) is 19.1 Å². The van der Waals surface area contributed by atoms with Crippen molar-refractivity contribution in [1.82, 2.24) is 14.8 Å². The number of rotatable bonds is 4. The first-order valence-electron chi connectivity index (χ1n) is 11.3. The van der Waals surface area contributed by atoms with Gasteiger partial charge in [-0.1, -0.05) is 18.2 Å². The van der Waals surface area contributed by atoms with Gasteiger partial charge in [0.2, 0.25) is 5.91 Å². The van der Waals surface area contributed by atoms with Gasteiger partial charge < -0.3 is 9.80 Å². The quantitative estimate of drug-likeness (QED) is 0.325. The van der Waals surface area contributed by atoms with E-state index in [-0.39, 0.29) is 22.7 Å². The average molecular weight is 473 g/mol. The number of pyridine rings is 1. The number of amides is 3. The normalized spacial score (nSPS) is 15.7. The Hall–Kier alpha value is -4.34. The van der Waals surface area contributed by atoms with Gasteiger partial charge in [-0.3, -0.25) is 29.4 Å². The minimum Gasteiger partial charge on any atom is -0.353 e. The summed E-state index contributed by atoms with van der Waals surface area (Å²) in [7, 11) is 0. The summed E-state index contributed by atoms with van der Waals surface area (Å²) in [6, 6.07) is 11.7. The summed E-state index contributed by atoms with van der Waals surface area (Å²) in [6.07, 6.45) is 0. The van der Waals surface area contributed by atoms with Crippen LogP contribution in [0.15, 0.2) is 42.5 Å². The predicted molar refractivity (Wildman–Crippen MR) is 128 cm³/mol. The summed E-state index contributed by atoms with van der Waals surface area (Å²) in [5.41, 5.74) is 2.96. The Labute approximate surface area is 200 Å². The number of nitrogens with zero attached hydrogens (tertiary/aromatic N) is 5. The Morgan fingerprint density at radius 1 is 0.971 bits per heavy atom. The summed E-state index contributed by atoms with van der Waals surface area (Å²) in [6.45, 7) is 5.70. The Morgan fingerprint density at radius 2 is 1.69 bits per heavy atom. The van der Waals surface area contributed by atoms with Gasteiger partial charge in [-0.05, 0) is 37.1 Å². The van der Waals surface area contributed by atoms with Gasteiger partial charge in [0.1, 0.15) is 12.4 Å². The second kappa shape index (κ2) is 8.46. The molecule has 0 atom stereocenters. The molecule has 0 saturated carbocycles. The Balaban J connectivity index is 1.26. The van der Waals surface area contributed by atoms with Crippen molar-refractivity contribution in [3.63, 3.8) is 0 Å². The molecule has 2 aliphatic heterocycles. The van der Waals surface area contributed by atoms with Gasteiger partial charge in [-0.25, -0.2) is 4.98 Å². The number of fused-ring (bicyclic) bond motifs is 2. The van der Waals surface area contributed by atoms with Crippen LogP contribution in [0.2, 0.25) is 0 Å². The van der Waals surface area contributed by atoms with Crippen molar-refractivity contribution in [3.8, 4) is 0 Å². The summed E-state index contributed by atoms with van der Waals surface area (Å²) in [5, 5.41) is 12.1. The fraction of sp³-hybridized carbons (Fsp3) is 0.280. The first-order chi connectivity index (χ1) is 16.7. The molecular formula is C25H23N5O5. The van der Waals surface area contributed by atoms with Crippen LogP contribution in [0.1, 0.15) is 31.8 Å². The SMILES string of the molecule is Cc1cc(N2CCN(C(=O)CN3C(=O)c4ccc([N+](=O)[O-])cc4C3=O)CC2)nc2c(C)cccc12. The molecule has 0 unspecified atom stereocenters. The van der Waals surface area contributed by atoms with Crippen molar-refractivity contribution in [2.24, 2.45) is 0 Å². The number of anilines is 1. The second-order valence-electron chi connectivity index (χ2n) is 8.82. The van der Waals surface area contributed by atoms with Gasteiger partial charge >= 0.3 is 0 Å². The maximum absolute atomic E-state index is 12.9. The minimum atomic E-state index is -0.688. The molecule has 3 amide bonds. The van der Waals surface area contributed by atoms with Gasteiger partial charge in [-0.15, -0.1) is 0 Å². The third kappa shape index (κ3) is 3.86. The number of aromatic nitrogens is 1. The van der Waals surface area contributed by atoms with E-state index in [2.05, 4.69) is 24.0 Å². The van der Waals surface area contributed by atoms with Crippen LogP contribution >= 0.6 is 0 Å². The smallest absolute Gasteiger partial charge is 0.270 e. The molecule has 10 heteroatoms. The van der Waals surface area contributed by atoms with E-state index in [0.29, 0.717) is 26.2 Å². The van der Waals surface area contributed by atoms with E-state index in [0.717, 1.165) is 38.8 Å². The van der Waals surface area contributed by atoms with Crippen LogP contribution < -0.4 is 4.90 Å². The van der Waals surface area contributed by atoms with Gasteiger partial charge in [0.15, 0.2) is 0 Å². The number of para-hydroxylation sites is 1. The second-order valence-corrected chi connectivity index (χ2v) is 8.82. The Bertz CT molecular complexity index is 1410. The highest BCUT2D eigenvalue weighted by Gasteiger charge is 2.38. The topological polar surface area (TPSA) is 117 Å². The summed E-state index contributed by atoms with van der Waals surface area (Å²) in [5.74, 6) is -0.782. The molecule has 0 N–H and O–H groups in total. The number of nitro groups is 1. The van der Waals surface area contributed by atoms with Crippen molar-refractivity contribution in [2.45, 2.75) is 13.8 Å². The summed E-state index contributed by atoms with van der Waals surface area (Å²) >= 11 is 0. The lowest BCUT2D eigenvalue weighted by Crippen LogP contribution is -2.52. The molecule has 3 aromatic rings. The molecule has 3 heterocycles. The van der Waals surface area contributed by atoms with Crippen LogP contribution in [0, 0.1) is 24.0 Å². The Morgan fingerprint density at radius 3 is 2.40 bits per heavy atom. The molecule has 10 nitrogen and oxygen atoms in total. The van der Waals surface area contributed by atoms with E-state index in [1.54, 1.807) is 4.90 Å². The number of hydrogen-bond acceptors (Lipinski definition) is 7. The highest BCUT2D eigenvalue weighted by Crippen LogP contribution is 2.28. The summed E-state index contributed by atoms with van der Waals surface area (Å²) in [4.78, 5) is 58.1. The van der Waals surface area contributed by atoms with Gasteiger partial charge in [0.25, 0.3) is 17.5 Å². The Kier molecular flexibility index (Phi) is 5.43. The molecule has 1 aromatic heterocycles. The van der Waals surface area contributed by atoms with E-state index >= 15 is 0 Å². The number of hydrogen-bond donors (Lipinski definition) is 0. The number of carbonyl (C=O) groups excluding carboxylic acids is 3. The molecule has 0 spiro atoms. The first-order valence-corrected chi connectivity index (χ1v) is 11.3. The lowest BCUT2D eigenvalue weighted by molar-refractivity contribution is -0.384. The van der Waals surface area contributed by atoms with Gasteiger partial charge in [-0.2, -0.15) is 0 Å². The zero-order chi connectivity index (χ0) is 24.9. The minimum absolute atomic E-state index is 0.0464. The fourth-order valence-electron chi connectivity index (χ4n) is 4.66. The van der Waals surface area contributed by atoms with Crippen LogP contribution in [-0.4, -0.2) is 70.2 Å². The molecule has 0 radical (unpaired) electrons. The molecule has 1 saturated heterocycles. The van der Waals surface area contributed by atoms with Crippen LogP contribution in [0.4, 0.5) is 11.5 Å². The van der Waals surface area contributed by atoms with Crippen LogP contribution in [0.3, 0.4) is 0 Å². The number of piperazine rings is 1. The average Bonchev–Trinajstić information content (AvgIpc) is 3.09. The van der Waals surface area contributed by atoms with E-state index < -0.39 is 23.3 Å². The van der Waals surface area contributed by atoms with E-state index in [4.69, 9.17) is 4.98 Å². The number of benzene rings is 2. The summed E-state index contributed by atoms with van der Waals surface area (Å²) < 4.78 is 0. The van der Waals surface area contributed by atoms with Crippen molar-refractivity contribution < 1.29 is 19.3 Å².